The van der Waals surface area contributed by atoms with E-state index >= 15 is 0 Å². The first-order valence-corrected chi connectivity index (χ1v) is 19.9. The molecule has 0 aromatic heterocycles. The molecule has 52 heavy (non-hydrogen) atoms. The molecule has 0 radical (unpaired) electrons. The first kappa shape index (κ1) is 45.2. The van der Waals surface area contributed by atoms with E-state index in [0.29, 0.717) is 6.54 Å². The molecule has 4 amide bonds. The highest BCUT2D eigenvalue weighted by molar-refractivity contribution is 5.90. The summed E-state index contributed by atoms with van der Waals surface area (Å²) in [6.07, 6.45) is 2.25. The number of carbonyl (C=O) groups is 4. The summed E-state index contributed by atoms with van der Waals surface area (Å²) < 4.78 is 5.99. The Labute approximate surface area is 316 Å². The van der Waals surface area contributed by atoms with Crippen LogP contribution in [-0.4, -0.2) is 109 Å². The number of ether oxygens (including phenoxy) is 1. The normalized spacial score (nSPS) is 20.1. The minimum Gasteiger partial charge on any atom is -0.378 e. The molecular formula is C42H73N5O5. The Hall–Kier alpha value is -2.98. The molecule has 1 fully saturated rings. The van der Waals surface area contributed by atoms with Gasteiger partial charge in [0, 0.05) is 45.1 Å². The van der Waals surface area contributed by atoms with Gasteiger partial charge in [0.1, 0.15) is 6.04 Å². The second kappa shape index (κ2) is 21.0. The number of hydrogen-bond acceptors (Lipinski definition) is 6. The van der Waals surface area contributed by atoms with Crippen molar-refractivity contribution < 1.29 is 23.9 Å². The number of methoxy groups -OCH3 is 1. The third-order valence-corrected chi connectivity index (χ3v) is 11.8. The molecule has 0 aliphatic carbocycles. The first-order valence-electron chi connectivity index (χ1n) is 19.9. The summed E-state index contributed by atoms with van der Waals surface area (Å²) >= 11 is 0. The summed E-state index contributed by atoms with van der Waals surface area (Å²) in [7, 11) is 5.38. The van der Waals surface area contributed by atoms with E-state index in [0.717, 1.165) is 25.8 Å². The lowest BCUT2D eigenvalue weighted by Crippen LogP contribution is -2.59. The van der Waals surface area contributed by atoms with Crippen LogP contribution >= 0.6 is 0 Å². The number of benzene rings is 1. The fourth-order valence-electron chi connectivity index (χ4n) is 8.22. The summed E-state index contributed by atoms with van der Waals surface area (Å²) in [5.74, 6) is -0.714. The summed E-state index contributed by atoms with van der Waals surface area (Å²) in [6, 6.07) is 8.63. The van der Waals surface area contributed by atoms with Crippen molar-refractivity contribution >= 4 is 23.6 Å². The molecular weight excluding hydrogens is 654 g/mol. The van der Waals surface area contributed by atoms with Gasteiger partial charge >= 0.3 is 0 Å². The molecule has 1 aromatic rings. The zero-order valence-corrected chi connectivity index (χ0v) is 34.9. The van der Waals surface area contributed by atoms with E-state index in [1.54, 1.807) is 12.0 Å². The number of likely N-dealkylation sites (tertiary alicyclic amines) is 1. The van der Waals surface area contributed by atoms with Crippen molar-refractivity contribution in [1.82, 2.24) is 25.3 Å². The number of carbonyl (C=O) groups excluding carboxylic acids is 4. The van der Waals surface area contributed by atoms with Gasteiger partial charge in [0.15, 0.2) is 0 Å². The Kier molecular flexibility index (Phi) is 18.3. The molecule has 0 unspecified atom stereocenters. The lowest BCUT2D eigenvalue weighted by molar-refractivity contribution is -0.144. The van der Waals surface area contributed by atoms with Crippen LogP contribution in [0.4, 0.5) is 0 Å². The number of hydrogen-bond donors (Lipinski definition) is 2. The van der Waals surface area contributed by atoms with E-state index in [1.807, 2.05) is 90.6 Å². The maximum atomic E-state index is 14.2. The lowest BCUT2D eigenvalue weighted by Gasteiger charge is -2.41. The van der Waals surface area contributed by atoms with Crippen LogP contribution in [0, 0.1) is 29.6 Å². The van der Waals surface area contributed by atoms with E-state index in [9.17, 15) is 19.2 Å². The molecule has 1 aliphatic rings. The molecule has 10 nitrogen and oxygen atoms in total. The van der Waals surface area contributed by atoms with Gasteiger partial charge in [0.05, 0.1) is 24.1 Å². The molecule has 0 saturated carbocycles. The average molecular weight is 728 g/mol. The molecule has 10 heteroatoms. The number of likely N-dealkylation sites (N-methyl/N-ethyl adjacent to an activating group) is 2. The molecule has 10 atom stereocenters. The highest BCUT2D eigenvalue weighted by Gasteiger charge is 2.42. The van der Waals surface area contributed by atoms with Crippen molar-refractivity contribution in [3.8, 4) is 0 Å². The fraction of sp³-hybridized carbons (Fsp3) is 0.762. The van der Waals surface area contributed by atoms with Gasteiger partial charge in [-0.1, -0.05) is 106 Å². The Morgan fingerprint density at radius 1 is 0.865 bits per heavy atom. The van der Waals surface area contributed by atoms with Crippen LogP contribution in [0.5, 0.6) is 0 Å². The minimum absolute atomic E-state index is 0.0148. The number of amides is 4. The molecule has 1 aliphatic heterocycles. The van der Waals surface area contributed by atoms with Crippen LogP contribution in [0.1, 0.15) is 113 Å². The summed E-state index contributed by atoms with van der Waals surface area (Å²) in [6.45, 7) is 23.6. The molecule has 0 bridgehead atoms. The molecule has 2 rings (SSSR count). The fourth-order valence-corrected chi connectivity index (χ4v) is 8.22. The topological polar surface area (TPSA) is 111 Å². The van der Waals surface area contributed by atoms with Crippen LogP contribution in [0.2, 0.25) is 0 Å². The maximum absolute atomic E-state index is 14.2. The van der Waals surface area contributed by atoms with Gasteiger partial charge < -0.3 is 25.2 Å². The van der Waals surface area contributed by atoms with Gasteiger partial charge in [-0.05, 0) is 62.6 Å². The molecule has 296 valence electrons. The predicted molar refractivity (Wildman–Crippen MR) is 211 cm³/mol. The second-order valence-electron chi connectivity index (χ2n) is 16.3. The Bertz CT molecular complexity index is 1270. The maximum Gasteiger partial charge on any atom is 0.245 e. The van der Waals surface area contributed by atoms with Crippen LogP contribution in [0.25, 0.3) is 0 Å². The van der Waals surface area contributed by atoms with Gasteiger partial charge in [-0.15, -0.1) is 0 Å². The summed E-state index contributed by atoms with van der Waals surface area (Å²) in [5, 5.41) is 6.32. The quantitative estimate of drug-likeness (QED) is 0.172. The van der Waals surface area contributed by atoms with E-state index in [2.05, 4.69) is 50.5 Å². The van der Waals surface area contributed by atoms with E-state index in [1.165, 1.54) is 5.56 Å². The monoisotopic (exact) mass is 728 g/mol. The van der Waals surface area contributed by atoms with Gasteiger partial charge in [-0.25, -0.2) is 0 Å². The van der Waals surface area contributed by atoms with Crippen LogP contribution in [-0.2, 0) is 23.9 Å². The highest BCUT2D eigenvalue weighted by atomic mass is 16.5. The van der Waals surface area contributed by atoms with Gasteiger partial charge in [0.2, 0.25) is 23.6 Å². The SMILES string of the molecule is CC[C@H](C)[C@@H]([C@H](C)CC(=O)N1CCC[C@H]1[C@H](OC)[C@@H](C)C(=O)N[C@H](C)[C@@H](C)c1ccccc1)N(C)C(=O)[C@@H](NC(=O)[C@H](C(C)C)N(C)CC)C(C)C. The van der Waals surface area contributed by atoms with Crippen molar-refractivity contribution in [2.24, 2.45) is 29.6 Å². The number of nitrogens with one attached hydrogen (secondary N) is 2. The van der Waals surface area contributed by atoms with Crippen molar-refractivity contribution in [3.63, 3.8) is 0 Å². The molecule has 0 spiro atoms. The van der Waals surface area contributed by atoms with E-state index < -0.39 is 18.1 Å². The Balaban J connectivity index is 2.21. The third-order valence-electron chi connectivity index (χ3n) is 11.8. The molecule has 1 saturated heterocycles. The summed E-state index contributed by atoms with van der Waals surface area (Å²) in [4.78, 5) is 61.2. The van der Waals surface area contributed by atoms with Gasteiger partial charge in [-0.2, -0.15) is 0 Å². The zero-order valence-electron chi connectivity index (χ0n) is 34.9. The average Bonchev–Trinajstić information content (AvgIpc) is 3.59. The van der Waals surface area contributed by atoms with Crippen molar-refractivity contribution in [3.05, 3.63) is 35.9 Å². The molecule has 1 heterocycles. The minimum atomic E-state index is -0.685. The van der Waals surface area contributed by atoms with E-state index in [4.69, 9.17) is 4.74 Å². The van der Waals surface area contributed by atoms with Crippen LogP contribution < -0.4 is 10.6 Å². The number of rotatable bonds is 20. The largest absolute Gasteiger partial charge is 0.378 e. The van der Waals surface area contributed by atoms with Crippen LogP contribution in [0.3, 0.4) is 0 Å². The number of nitrogens with zero attached hydrogens (tertiary/aromatic N) is 3. The predicted octanol–water partition coefficient (Wildman–Crippen LogP) is 5.95. The molecule has 1 aromatic carbocycles. The smallest absolute Gasteiger partial charge is 0.245 e. The van der Waals surface area contributed by atoms with Crippen molar-refractivity contribution in [2.75, 3.05) is 34.3 Å². The van der Waals surface area contributed by atoms with E-state index in [-0.39, 0.29) is 83.8 Å². The Morgan fingerprint density at radius 3 is 2.00 bits per heavy atom. The third kappa shape index (κ3) is 11.5. The van der Waals surface area contributed by atoms with Crippen molar-refractivity contribution in [1.29, 1.82) is 0 Å². The molecule has 2 N–H and O–H groups in total. The van der Waals surface area contributed by atoms with Gasteiger partial charge in [0.25, 0.3) is 0 Å². The standard InChI is InChI=1S/C42H73N5O5/c1-15-28(7)38(46(13)42(51)36(26(3)4)44-41(50)37(27(5)6)45(12)16-2)29(8)25-35(48)47-24-20-23-34(47)39(52-14)31(10)40(49)43-32(11)30(9)33-21-18-17-19-22-33/h17-19,21-22,26-32,34,36-39H,15-16,20,23-25H2,1-14H3,(H,43,49)(H,44,50)/t28-,29+,30+,31+,32+,34-,36-,37-,38-,39+/m0/s1. The van der Waals surface area contributed by atoms with Gasteiger partial charge in [-0.3, -0.25) is 24.1 Å². The first-order chi connectivity index (χ1) is 24.4. The van der Waals surface area contributed by atoms with Crippen LogP contribution in [0.15, 0.2) is 30.3 Å². The Morgan fingerprint density at radius 2 is 1.48 bits per heavy atom. The van der Waals surface area contributed by atoms with Crippen molar-refractivity contribution in [2.45, 2.75) is 144 Å². The highest BCUT2D eigenvalue weighted by Crippen LogP contribution is 2.31. The lowest BCUT2D eigenvalue weighted by atomic mass is 9.84. The summed E-state index contributed by atoms with van der Waals surface area (Å²) in [5.41, 5.74) is 1.17. The zero-order chi connectivity index (χ0) is 39.4. The second-order valence-corrected chi connectivity index (χ2v) is 16.3.